The zero-order valence-electron chi connectivity index (χ0n) is 12.3. The quantitative estimate of drug-likeness (QED) is 0.905. The Morgan fingerprint density at radius 3 is 2.67 bits per heavy atom. The molecule has 5 heteroatoms. The van der Waals surface area contributed by atoms with Crippen molar-refractivity contribution in [3.05, 3.63) is 36.2 Å². The highest BCUT2D eigenvalue weighted by atomic mass is 15.1. The van der Waals surface area contributed by atoms with E-state index in [9.17, 15) is 0 Å². The summed E-state index contributed by atoms with van der Waals surface area (Å²) in [7, 11) is 0. The average molecular weight is 283 g/mol. The molecule has 1 aliphatic carbocycles. The fraction of sp³-hybridized carbons (Fsp3) is 0.438. The number of nitrogens with two attached hydrogens (primary N) is 1. The van der Waals surface area contributed by atoms with Crippen molar-refractivity contribution in [1.29, 1.82) is 0 Å². The molecule has 0 aromatic carbocycles. The van der Waals surface area contributed by atoms with Gasteiger partial charge in [0.2, 0.25) is 0 Å². The minimum Gasteiger partial charge on any atom is -0.367 e. The number of nitrogens with one attached hydrogen (secondary N) is 1. The first-order valence-electron chi connectivity index (χ1n) is 7.50. The summed E-state index contributed by atoms with van der Waals surface area (Å²) in [6.45, 7) is 1.98. The van der Waals surface area contributed by atoms with E-state index in [2.05, 4.69) is 20.3 Å². The van der Waals surface area contributed by atoms with Crippen LogP contribution in [0.5, 0.6) is 0 Å². The lowest BCUT2D eigenvalue weighted by molar-refractivity contribution is 0.410. The van der Waals surface area contributed by atoms with E-state index in [1.165, 1.54) is 0 Å². The van der Waals surface area contributed by atoms with Gasteiger partial charge >= 0.3 is 0 Å². The number of pyridine rings is 1. The van der Waals surface area contributed by atoms with Crippen LogP contribution in [0.2, 0.25) is 0 Å². The van der Waals surface area contributed by atoms with Gasteiger partial charge in [0.1, 0.15) is 11.5 Å². The first-order valence-corrected chi connectivity index (χ1v) is 7.50. The number of aromatic nitrogens is 3. The van der Waals surface area contributed by atoms with Crippen molar-refractivity contribution >= 4 is 5.82 Å². The van der Waals surface area contributed by atoms with Crippen LogP contribution in [0.3, 0.4) is 0 Å². The van der Waals surface area contributed by atoms with E-state index in [4.69, 9.17) is 5.73 Å². The first-order chi connectivity index (χ1) is 10.2. The Kier molecular flexibility index (Phi) is 4.10. The minimum absolute atomic E-state index is 0.360. The highest BCUT2D eigenvalue weighted by molar-refractivity contribution is 5.53. The molecule has 2 aromatic heterocycles. The van der Waals surface area contributed by atoms with Gasteiger partial charge in [-0.05, 0) is 44.7 Å². The van der Waals surface area contributed by atoms with Crippen LogP contribution >= 0.6 is 0 Å². The highest BCUT2D eigenvalue weighted by Gasteiger charge is 2.19. The summed E-state index contributed by atoms with van der Waals surface area (Å²) in [5.41, 5.74) is 7.70. The zero-order chi connectivity index (χ0) is 14.7. The van der Waals surface area contributed by atoms with Gasteiger partial charge in [-0.25, -0.2) is 9.97 Å². The highest BCUT2D eigenvalue weighted by Crippen LogP contribution is 2.22. The van der Waals surface area contributed by atoms with Crippen LogP contribution in [0.1, 0.15) is 31.4 Å². The summed E-state index contributed by atoms with van der Waals surface area (Å²) in [6, 6.07) is 8.57. The Balaban J connectivity index is 1.78. The maximum absolute atomic E-state index is 5.95. The third-order valence-corrected chi connectivity index (χ3v) is 3.87. The van der Waals surface area contributed by atoms with Gasteiger partial charge in [0.05, 0.1) is 0 Å². The van der Waals surface area contributed by atoms with Crippen LogP contribution in [0.25, 0.3) is 11.5 Å². The maximum Gasteiger partial charge on any atom is 0.180 e. The third kappa shape index (κ3) is 3.55. The zero-order valence-corrected chi connectivity index (χ0v) is 12.3. The lowest BCUT2D eigenvalue weighted by atomic mass is 9.92. The number of rotatable bonds is 3. The van der Waals surface area contributed by atoms with Gasteiger partial charge in [-0.3, -0.25) is 4.98 Å². The van der Waals surface area contributed by atoms with E-state index in [1.54, 1.807) is 6.20 Å². The second-order valence-corrected chi connectivity index (χ2v) is 5.69. The van der Waals surface area contributed by atoms with Gasteiger partial charge in [-0.2, -0.15) is 0 Å². The van der Waals surface area contributed by atoms with Gasteiger partial charge in [-0.15, -0.1) is 0 Å². The van der Waals surface area contributed by atoms with Gasteiger partial charge < -0.3 is 11.1 Å². The first kappa shape index (κ1) is 13.9. The van der Waals surface area contributed by atoms with Crippen molar-refractivity contribution in [3.63, 3.8) is 0 Å². The molecule has 0 saturated heterocycles. The average Bonchev–Trinajstić information content (AvgIpc) is 2.50. The van der Waals surface area contributed by atoms with Crippen LogP contribution in [0.15, 0.2) is 30.5 Å². The molecule has 0 bridgehead atoms. The minimum atomic E-state index is 0.360. The largest absolute Gasteiger partial charge is 0.367 e. The van der Waals surface area contributed by atoms with Crippen molar-refractivity contribution in [2.75, 3.05) is 5.32 Å². The van der Waals surface area contributed by atoms with Gasteiger partial charge in [0.15, 0.2) is 5.82 Å². The summed E-state index contributed by atoms with van der Waals surface area (Å²) in [6.07, 6.45) is 6.12. The van der Waals surface area contributed by atoms with Crippen LogP contribution < -0.4 is 11.1 Å². The number of aryl methyl sites for hydroxylation is 1. The Labute approximate surface area is 125 Å². The second kappa shape index (κ2) is 6.18. The standard InChI is InChI=1S/C16H21N5/c1-11-10-15(20-13-7-5-12(17)6-8-13)21-16(19-11)14-4-2-3-9-18-14/h2-4,9-10,12-13H,5-8,17H2,1H3,(H,19,20,21). The van der Waals surface area contributed by atoms with Crippen LogP contribution in [0, 0.1) is 6.92 Å². The summed E-state index contributed by atoms with van der Waals surface area (Å²) in [5.74, 6) is 1.55. The molecular weight excluding hydrogens is 262 g/mol. The van der Waals surface area contributed by atoms with E-state index in [0.29, 0.717) is 17.9 Å². The summed E-state index contributed by atoms with van der Waals surface area (Å²) < 4.78 is 0. The predicted octanol–water partition coefficient (Wildman–Crippen LogP) is 2.53. The van der Waals surface area contributed by atoms with Gasteiger partial charge in [0, 0.05) is 30.0 Å². The summed E-state index contributed by atoms with van der Waals surface area (Å²) in [4.78, 5) is 13.4. The Morgan fingerprint density at radius 1 is 1.14 bits per heavy atom. The molecule has 2 aromatic rings. The van der Waals surface area contributed by atoms with Crippen molar-refractivity contribution in [1.82, 2.24) is 15.0 Å². The smallest absolute Gasteiger partial charge is 0.180 e. The van der Waals surface area contributed by atoms with E-state index < -0.39 is 0 Å². The Hall–Kier alpha value is -2.01. The predicted molar refractivity (Wildman–Crippen MR) is 83.9 cm³/mol. The van der Waals surface area contributed by atoms with Crippen molar-refractivity contribution in [2.45, 2.75) is 44.7 Å². The second-order valence-electron chi connectivity index (χ2n) is 5.69. The number of nitrogens with zero attached hydrogens (tertiary/aromatic N) is 3. The lowest BCUT2D eigenvalue weighted by Gasteiger charge is -2.27. The number of hydrogen-bond donors (Lipinski definition) is 2. The van der Waals surface area contributed by atoms with E-state index in [0.717, 1.165) is 42.9 Å². The number of anilines is 1. The molecule has 0 radical (unpaired) electrons. The van der Waals surface area contributed by atoms with Crippen molar-refractivity contribution < 1.29 is 0 Å². The Bertz CT molecular complexity index is 591. The SMILES string of the molecule is Cc1cc(NC2CCC(N)CC2)nc(-c2ccccn2)n1. The number of hydrogen-bond acceptors (Lipinski definition) is 5. The molecule has 0 amide bonds. The van der Waals surface area contributed by atoms with E-state index in [1.807, 2.05) is 31.2 Å². The fourth-order valence-electron chi connectivity index (χ4n) is 2.72. The van der Waals surface area contributed by atoms with Crippen molar-refractivity contribution in [3.8, 4) is 11.5 Å². The molecule has 0 aliphatic heterocycles. The Morgan fingerprint density at radius 2 is 1.95 bits per heavy atom. The van der Waals surface area contributed by atoms with Gasteiger partial charge in [0.25, 0.3) is 0 Å². The molecule has 1 saturated carbocycles. The molecular formula is C16H21N5. The monoisotopic (exact) mass is 283 g/mol. The van der Waals surface area contributed by atoms with Crippen LogP contribution in [0.4, 0.5) is 5.82 Å². The third-order valence-electron chi connectivity index (χ3n) is 3.87. The summed E-state index contributed by atoms with van der Waals surface area (Å²) in [5, 5.41) is 3.52. The molecule has 0 atom stereocenters. The fourth-order valence-corrected chi connectivity index (χ4v) is 2.72. The molecule has 110 valence electrons. The molecule has 5 nitrogen and oxygen atoms in total. The maximum atomic E-state index is 5.95. The van der Waals surface area contributed by atoms with Crippen LogP contribution in [-0.4, -0.2) is 27.0 Å². The van der Waals surface area contributed by atoms with Crippen molar-refractivity contribution in [2.24, 2.45) is 5.73 Å². The van der Waals surface area contributed by atoms with Gasteiger partial charge in [-0.1, -0.05) is 6.07 Å². The molecule has 3 N–H and O–H groups in total. The molecule has 0 unspecified atom stereocenters. The molecule has 3 rings (SSSR count). The molecule has 21 heavy (non-hydrogen) atoms. The van der Waals surface area contributed by atoms with E-state index >= 15 is 0 Å². The molecule has 2 heterocycles. The molecule has 1 fully saturated rings. The molecule has 1 aliphatic rings. The lowest BCUT2D eigenvalue weighted by Crippen LogP contribution is -2.33. The molecule has 0 spiro atoms. The van der Waals surface area contributed by atoms with Crippen LogP contribution in [-0.2, 0) is 0 Å². The van der Waals surface area contributed by atoms with E-state index in [-0.39, 0.29) is 0 Å². The topological polar surface area (TPSA) is 76.7 Å². The summed E-state index contributed by atoms with van der Waals surface area (Å²) >= 11 is 0. The normalized spacial score (nSPS) is 22.0.